The maximum absolute atomic E-state index is 12.4. The first-order valence-electron chi connectivity index (χ1n) is 7.20. The van der Waals surface area contributed by atoms with E-state index < -0.39 is 6.10 Å². The highest BCUT2D eigenvalue weighted by Gasteiger charge is 2.39. The lowest BCUT2D eigenvalue weighted by Crippen LogP contribution is -2.53. The third-order valence-electron chi connectivity index (χ3n) is 3.57. The minimum atomic E-state index is -0.672. The molecular weight excluding hydrogens is 268 g/mol. The second kappa shape index (κ2) is 6.72. The molecule has 1 N–H and O–H groups in total. The van der Waals surface area contributed by atoms with E-state index in [4.69, 9.17) is 4.74 Å². The highest BCUT2D eigenvalue weighted by molar-refractivity contribution is 5.86. The van der Waals surface area contributed by atoms with Crippen LogP contribution in [0.1, 0.15) is 25.5 Å². The standard InChI is InChI=1S/C16H22N2O3/c1-11(2)9-17-16(20)15-14(12-7-5-4-6-8-12)18(3)13(19)10-21-15/h4-8,11,14-15H,9-10H2,1-3H3,(H,17,20). The lowest BCUT2D eigenvalue weighted by molar-refractivity contribution is -0.162. The highest BCUT2D eigenvalue weighted by Crippen LogP contribution is 2.28. The van der Waals surface area contributed by atoms with Gasteiger partial charge in [-0.15, -0.1) is 0 Å². The van der Waals surface area contributed by atoms with Crippen molar-refractivity contribution in [3.63, 3.8) is 0 Å². The summed E-state index contributed by atoms with van der Waals surface area (Å²) in [6.45, 7) is 4.61. The number of likely N-dealkylation sites (N-methyl/N-ethyl adjacent to an activating group) is 1. The van der Waals surface area contributed by atoms with E-state index in [0.29, 0.717) is 12.5 Å². The number of amides is 2. The van der Waals surface area contributed by atoms with Crippen LogP contribution in [0.3, 0.4) is 0 Å². The molecule has 2 rings (SSSR count). The van der Waals surface area contributed by atoms with Crippen LogP contribution in [-0.2, 0) is 14.3 Å². The number of carbonyl (C=O) groups is 2. The van der Waals surface area contributed by atoms with Crippen LogP contribution in [-0.4, -0.2) is 43.0 Å². The van der Waals surface area contributed by atoms with Crippen LogP contribution in [0.5, 0.6) is 0 Å². The van der Waals surface area contributed by atoms with Crippen molar-refractivity contribution in [3.05, 3.63) is 35.9 Å². The van der Waals surface area contributed by atoms with Gasteiger partial charge in [-0.25, -0.2) is 0 Å². The number of hydrogen-bond donors (Lipinski definition) is 1. The Morgan fingerprint density at radius 3 is 2.67 bits per heavy atom. The molecule has 1 aliphatic heterocycles. The van der Waals surface area contributed by atoms with E-state index in [-0.39, 0.29) is 24.5 Å². The Balaban J connectivity index is 2.21. The summed E-state index contributed by atoms with van der Waals surface area (Å²) in [5.41, 5.74) is 0.901. The van der Waals surface area contributed by atoms with Crippen LogP contribution in [0, 0.1) is 5.92 Å². The molecule has 1 aromatic rings. The summed E-state index contributed by atoms with van der Waals surface area (Å²) in [6.07, 6.45) is -0.672. The van der Waals surface area contributed by atoms with E-state index in [1.807, 2.05) is 44.2 Å². The van der Waals surface area contributed by atoms with Crippen LogP contribution in [0.25, 0.3) is 0 Å². The van der Waals surface area contributed by atoms with Gasteiger partial charge in [0.2, 0.25) is 5.91 Å². The van der Waals surface area contributed by atoms with E-state index in [2.05, 4.69) is 5.32 Å². The van der Waals surface area contributed by atoms with E-state index >= 15 is 0 Å². The molecule has 5 nitrogen and oxygen atoms in total. The average molecular weight is 290 g/mol. The van der Waals surface area contributed by atoms with Crippen molar-refractivity contribution in [2.45, 2.75) is 26.0 Å². The summed E-state index contributed by atoms with van der Waals surface area (Å²) in [6, 6.07) is 9.12. The number of rotatable bonds is 4. The zero-order valence-corrected chi connectivity index (χ0v) is 12.7. The first-order valence-corrected chi connectivity index (χ1v) is 7.20. The SMILES string of the molecule is CC(C)CNC(=O)C1OCC(=O)N(C)C1c1ccccc1. The number of nitrogens with zero attached hydrogens (tertiary/aromatic N) is 1. The second-order valence-corrected chi connectivity index (χ2v) is 5.73. The molecule has 0 saturated carbocycles. The predicted octanol–water partition coefficient (Wildman–Crippen LogP) is 1.36. The molecule has 0 spiro atoms. The van der Waals surface area contributed by atoms with Crippen LogP contribution in [0.4, 0.5) is 0 Å². The molecule has 1 aliphatic rings. The fourth-order valence-electron chi connectivity index (χ4n) is 2.39. The first kappa shape index (κ1) is 15.5. The predicted molar refractivity (Wildman–Crippen MR) is 79.5 cm³/mol. The Morgan fingerprint density at radius 2 is 2.05 bits per heavy atom. The third-order valence-corrected chi connectivity index (χ3v) is 3.57. The monoisotopic (exact) mass is 290 g/mol. The molecule has 114 valence electrons. The maximum atomic E-state index is 12.4. The summed E-state index contributed by atoms with van der Waals surface area (Å²) in [7, 11) is 1.71. The minimum absolute atomic E-state index is 0.0560. The Kier molecular flexibility index (Phi) is 4.96. The van der Waals surface area contributed by atoms with Gasteiger partial charge >= 0.3 is 0 Å². The van der Waals surface area contributed by atoms with Crippen molar-refractivity contribution >= 4 is 11.8 Å². The number of hydrogen-bond acceptors (Lipinski definition) is 3. The van der Waals surface area contributed by atoms with Gasteiger partial charge in [0, 0.05) is 13.6 Å². The molecule has 2 atom stereocenters. The third kappa shape index (κ3) is 3.61. The van der Waals surface area contributed by atoms with Gasteiger partial charge in [0.05, 0.1) is 6.04 Å². The Labute approximate surface area is 125 Å². The summed E-state index contributed by atoms with van der Waals surface area (Å²) >= 11 is 0. The maximum Gasteiger partial charge on any atom is 0.251 e. The summed E-state index contributed by atoms with van der Waals surface area (Å²) in [5.74, 6) is 0.0840. The molecule has 0 aliphatic carbocycles. The fraction of sp³-hybridized carbons (Fsp3) is 0.500. The summed E-state index contributed by atoms with van der Waals surface area (Å²) in [4.78, 5) is 25.8. The van der Waals surface area contributed by atoms with E-state index in [0.717, 1.165) is 5.56 Å². The van der Waals surface area contributed by atoms with Gasteiger partial charge < -0.3 is 15.0 Å². The second-order valence-electron chi connectivity index (χ2n) is 5.73. The van der Waals surface area contributed by atoms with E-state index in [1.54, 1.807) is 11.9 Å². The smallest absolute Gasteiger partial charge is 0.251 e. The van der Waals surface area contributed by atoms with Crippen molar-refractivity contribution < 1.29 is 14.3 Å². The van der Waals surface area contributed by atoms with Crippen LogP contribution >= 0.6 is 0 Å². The zero-order chi connectivity index (χ0) is 15.4. The largest absolute Gasteiger partial charge is 0.356 e. The van der Waals surface area contributed by atoms with Gasteiger partial charge in [0.25, 0.3) is 5.91 Å². The molecule has 1 saturated heterocycles. The lowest BCUT2D eigenvalue weighted by atomic mass is 9.97. The van der Waals surface area contributed by atoms with Crippen molar-refractivity contribution in [2.75, 3.05) is 20.2 Å². The van der Waals surface area contributed by atoms with Crippen LogP contribution in [0.15, 0.2) is 30.3 Å². The first-order chi connectivity index (χ1) is 10.0. The number of benzene rings is 1. The molecule has 0 bridgehead atoms. The average Bonchev–Trinajstić information content (AvgIpc) is 2.48. The van der Waals surface area contributed by atoms with E-state index in [1.165, 1.54) is 0 Å². The molecule has 2 unspecified atom stereocenters. The quantitative estimate of drug-likeness (QED) is 0.911. The van der Waals surface area contributed by atoms with Gasteiger partial charge in [-0.1, -0.05) is 44.2 Å². The lowest BCUT2D eigenvalue weighted by Gasteiger charge is -2.38. The molecule has 2 amide bonds. The molecule has 1 heterocycles. The van der Waals surface area contributed by atoms with E-state index in [9.17, 15) is 9.59 Å². The van der Waals surface area contributed by atoms with Crippen molar-refractivity contribution in [1.82, 2.24) is 10.2 Å². The minimum Gasteiger partial charge on any atom is -0.356 e. The highest BCUT2D eigenvalue weighted by atomic mass is 16.5. The van der Waals surface area contributed by atoms with Gasteiger partial charge in [0.1, 0.15) is 6.61 Å². The summed E-state index contributed by atoms with van der Waals surface area (Å²) < 4.78 is 5.52. The van der Waals surface area contributed by atoms with Gasteiger partial charge in [0.15, 0.2) is 6.10 Å². The number of carbonyl (C=O) groups excluding carboxylic acids is 2. The van der Waals surface area contributed by atoms with Crippen LogP contribution in [0.2, 0.25) is 0 Å². The van der Waals surface area contributed by atoms with Gasteiger partial charge in [-0.05, 0) is 11.5 Å². The molecule has 0 radical (unpaired) electrons. The van der Waals surface area contributed by atoms with Crippen LogP contribution < -0.4 is 5.32 Å². The molecular formula is C16H22N2O3. The number of morpholine rings is 1. The van der Waals surface area contributed by atoms with Gasteiger partial charge in [-0.2, -0.15) is 0 Å². The van der Waals surface area contributed by atoms with Crippen molar-refractivity contribution in [3.8, 4) is 0 Å². The normalized spacial score (nSPS) is 22.5. The number of ether oxygens (including phenoxy) is 1. The Hall–Kier alpha value is -1.88. The molecule has 21 heavy (non-hydrogen) atoms. The van der Waals surface area contributed by atoms with Crippen molar-refractivity contribution in [2.24, 2.45) is 5.92 Å². The van der Waals surface area contributed by atoms with Gasteiger partial charge in [-0.3, -0.25) is 9.59 Å². The number of nitrogens with one attached hydrogen (secondary N) is 1. The molecule has 0 aromatic heterocycles. The molecule has 5 heteroatoms. The molecule has 1 aromatic carbocycles. The zero-order valence-electron chi connectivity index (χ0n) is 12.7. The topological polar surface area (TPSA) is 58.6 Å². The van der Waals surface area contributed by atoms with Crippen molar-refractivity contribution in [1.29, 1.82) is 0 Å². The summed E-state index contributed by atoms with van der Waals surface area (Å²) in [5, 5.41) is 2.89. The Morgan fingerprint density at radius 1 is 1.38 bits per heavy atom. The fourth-order valence-corrected chi connectivity index (χ4v) is 2.39. The molecule has 1 fully saturated rings. The Bertz CT molecular complexity index is 502.